The summed E-state index contributed by atoms with van der Waals surface area (Å²) in [4.78, 5) is 13.6. The highest BCUT2D eigenvalue weighted by Gasteiger charge is 2.13. The van der Waals surface area contributed by atoms with Gasteiger partial charge in [0.05, 0.1) is 26.1 Å². The van der Waals surface area contributed by atoms with Crippen LogP contribution in [-0.2, 0) is 0 Å². The fourth-order valence-electron chi connectivity index (χ4n) is 2.23. The Kier molecular flexibility index (Phi) is 14.2. The molecule has 0 fully saturated rings. The number of hydrogen-bond acceptors (Lipinski definition) is 7. The van der Waals surface area contributed by atoms with Crippen LogP contribution in [0.5, 0.6) is 17.5 Å². The van der Waals surface area contributed by atoms with Crippen molar-refractivity contribution in [3.8, 4) is 23.2 Å². The second kappa shape index (κ2) is 15.6. The quantitative estimate of drug-likeness (QED) is 0.489. The van der Waals surface area contributed by atoms with E-state index in [9.17, 15) is 0 Å². The minimum absolute atomic E-state index is 0.140. The molecule has 0 unspecified atom stereocenters. The van der Waals surface area contributed by atoms with Gasteiger partial charge in [-0.3, -0.25) is 4.98 Å². The Morgan fingerprint density at radius 3 is 1.97 bits per heavy atom. The second-order valence-corrected chi connectivity index (χ2v) is 7.39. The van der Waals surface area contributed by atoms with E-state index in [1.807, 2.05) is 86.6 Å². The van der Waals surface area contributed by atoms with Crippen LogP contribution in [0.15, 0.2) is 42.7 Å². The second-order valence-electron chi connectivity index (χ2n) is 7.39. The lowest BCUT2D eigenvalue weighted by Crippen LogP contribution is -2.38. The van der Waals surface area contributed by atoms with Gasteiger partial charge in [-0.1, -0.05) is 27.7 Å². The molecular formula is C25H41N5O3. The van der Waals surface area contributed by atoms with Crippen molar-refractivity contribution in [1.29, 1.82) is 0 Å². The maximum absolute atomic E-state index is 5.47. The first-order chi connectivity index (χ1) is 15.7. The van der Waals surface area contributed by atoms with E-state index in [0.717, 1.165) is 22.8 Å². The maximum atomic E-state index is 5.47. The predicted molar refractivity (Wildman–Crippen MR) is 134 cm³/mol. The van der Waals surface area contributed by atoms with E-state index >= 15 is 0 Å². The van der Waals surface area contributed by atoms with Crippen LogP contribution in [-0.4, -0.2) is 39.5 Å². The molecule has 33 heavy (non-hydrogen) atoms. The first-order valence-electron chi connectivity index (χ1n) is 11.2. The number of methoxy groups -OCH3 is 2. The molecule has 8 nitrogen and oxygen atoms in total. The van der Waals surface area contributed by atoms with Gasteiger partial charge in [0.2, 0.25) is 5.88 Å². The topological polar surface area (TPSA) is 83.3 Å². The lowest BCUT2D eigenvalue weighted by molar-refractivity contribution is 0.112. The summed E-state index contributed by atoms with van der Waals surface area (Å²) in [5, 5.41) is 4.39. The minimum Gasteiger partial charge on any atom is -0.497 e. The van der Waals surface area contributed by atoms with Crippen molar-refractivity contribution in [2.45, 2.75) is 67.9 Å². The van der Waals surface area contributed by atoms with Gasteiger partial charge in [0.25, 0.3) is 5.88 Å². The summed E-state index contributed by atoms with van der Waals surface area (Å²) in [7, 11) is 3.24. The summed E-state index contributed by atoms with van der Waals surface area (Å²) >= 11 is 0. The Morgan fingerprint density at radius 2 is 1.52 bits per heavy atom. The highest BCUT2D eigenvalue weighted by molar-refractivity contribution is 5.34. The standard InChI is InChI=1S/C14H20N4O2.C7H9NO.2C2H6/c1-10-8-13(20-17-14(2,3)4)16-18(10)11-6-7-12(19-5)15-9-11;1-6-5-7(9-2)3-4-8-6;2*1-2/h6-9,17H,1-5H3;3-5H,1-2H3;2*1-2H3. The summed E-state index contributed by atoms with van der Waals surface area (Å²) in [5.41, 5.74) is 5.59. The van der Waals surface area contributed by atoms with E-state index < -0.39 is 0 Å². The van der Waals surface area contributed by atoms with Crippen molar-refractivity contribution in [2.75, 3.05) is 14.2 Å². The summed E-state index contributed by atoms with van der Waals surface area (Å²) < 4.78 is 11.8. The summed E-state index contributed by atoms with van der Waals surface area (Å²) in [6.45, 7) is 17.9. The molecule has 0 saturated heterocycles. The number of aryl methyl sites for hydroxylation is 2. The molecule has 3 aromatic rings. The van der Waals surface area contributed by atoms with Crippen molar-refractivity contribution in [2.24, 2.45) is 0 Å². The highest BCUT2D eigenvalue weighted by atomic mass is 16.7. The van der Waals surface area contributed by atoms with Crippen LogP contribution in [0.4, 0.5) is 0 Å². The molecule has 8 heteroatoms. The Bertz CT molecular complexity index is 903. The van der Waals surface area contributed by atoms with Crippen LogP contribution in [0.3, 0.4) is 0 Å². The number of hydroxylamine groups is 1. The van der Waals surface area contributed by atoms with E-state index in [-0.39, 0.29) is 5.54 Å². The van der Waals surface area contributed by atoms with Crippen molar-refractivity contribution in [3.05, 3.63) is 54.1 Å². The van der Waals surface area contributed by atoms with Gasteiger partial charge in [-0.15, -0.1) is 10.6 Å². The number of hydrogen-bond donors (Lipinski definition) is 1. The molecule has 0 bridgehead atoms. The molecule has 0 atom stereocenters. The average molecular weight is 460 g/mol. The molecule has 0 aliphatic carbocycles. The molecule has 0 aromatic carbocycles. The molecule has 1 N–H and O–H groups in total. The molecule has 0 saturated carbocycles. The van der Waals surface area contributed by atoms with Crippen molar-refractivity contribution >= 4 is 0 Å². The van der Waals surface area contributed by atoms with Crippen LogP contribution in [0.25, 0.3) is 5.69 Å². The number of pyridine rings is 2. The fraction of sp³-hybridized carbons (Fsp3) is 0.480. The Balaban J connectivity index is 0.000000658. The molecule has 3 heterocycles. The zero-order valence-electron chi connectivity index (χ0n) is 22.1. The zero-order valence-corrected chi connectivity index (χ0v) is 22.1. The van der Waals surface area contributed by atoms with Crippen molar-refractivity contribution in [1.82, 2.24) is 25.2 Å². The van der Waals surface area contributed by atoms with Gasteiger partial charge in [-0.05, 0) is 46.8 Å². The third-order valence-electron chi connectivity index (χ3n) is 3.61. The monoisotopic (exact) mass is 459 g/mol. The van der Waals surface area contributed by atoms with Gasteiger partial charge in [-0.25, -0.2) is 9.67 Å². The van der Waals surface area contributed by atoms with Crippen molar-refractivity contribution in [3.63, 3.8) is 0 Å². The summed E-state index contributed by atoms with van der Waals surface area (Å²) in [6.07, 6.45) is 3.44. The molecule has 0 aliphatic heterocycles. The minimum atomic E-state index is -0.140. The number of nitrogens with one attached hydrogen (secondary N) is 1. The SMILES string of the molecule is CC.CC.COc1ccc(-n2nc(ONC(C)(C)C)cc2C)cn1.COc1ccnc(C)c1. The number of nitrogens with zero attached hydrogens (tertiary/aromatic N) is 4. The number of aromatic nitrogens is 4. The zero-order chi connectivity index (χ0) is 25.4. The first-order valence-corrected chi connectivity index (χ1v) is 11.2. The lowest BCUT2D eigenvalue weighted by atomic mass is 10.1. The average Bonchev–Trinajstić information content (AvgIpc) is 3.21. The van der Waals surface area contributed by atoms with E-state index in [4.69, 9.17) is 14.3 Å². The normalized spacial score (nSPS) is 9.79. The van der Waals surface area contributed by atoms with Gasteiger partial charge >= 0.3 is 0 Å². The van der Waals surface area contributed by atoms with Gasteiger partial charge in [0, 0.05) is 41.3 Å². The van der Waals surface area contributed by atoms with E-state index in [0.29, 0.717) is 11.8 Å². The smallest absolute Gasteiger partial charge is 0.257 e. The third kappa shape index (κ3) is 11.3. The lowest BCUT2D eigenvalue weighted by Gasteiger charge is -2.18. The number of ether oxygens (including phenoxy) is 2. The van der Waals surface area contributed by atoms with E-state index in [2.05, 4.69) is 20.5 Å². The highest BCUT2D eigenvalue weighted by Crippen LogP contribution is 2.17. The molecule has 0 spiro atoms. The van der Waals surface area contributed by atoms with E-state index in [1.165, 1.54) is 0 Å². The Hall–Kier alpha value is -3.13. The third-order valence-corrected chi connectivity index (χ3v) is 3.61. The molecule has 0 amide bonds. The van der Waals surface area contributed by atoms with Crippen LogP contribution in [0.2, 0.25) is 0 Å². The van der Waals surface area contributed by atoms with Crippen LogP contribution in [0.1, 0.15) is 59.9 Å². The molecule has 3 aromatic heterocycles. The van der Waals surface area contributed by atoms with Crippen LogP contribution in [0, 0.1) is 13.8 Å². The fourth-order valence-corrected chi connectivity index (χ4v) is 2.23. The Labute approximate surface area is 199 Å². The van der Waals surface area contributed by atoms with Crippen molar-refractivity contribution < 1.29 is 14.3 Å². The summed E-state index contributed by atoms with van der Waals surface area (Å²) in [6, 6.07) is 9.27. The largest absolute Gasteiger partial charge is 0.497 e. The van der Waals surface area contributed by atoms with Gasteiger partial charge in [0.1, 0.15) is 5.75 Å². The predicted octanol–water partition coefficient (Wildman–Crippen LogP) is 5.72. The number of rotatable bonds is 5. The first kappa shape index (κ1) is 29.9. The molecule has 3 rings (SSSR count). The summed E-state index contributed by atoms with van der Waals surface area (Å²) in [5.74, 6) is 1.96. The molecule has 184 valence electrons. The molecular weight excluding hydrogens is 418 g/mol. The maximum Gasteiger partial charge on any atom is 0.257 e. The van der Waals surface area contributed by atoms with E-state index in [1.54, 1.807) is 37.4 Å². The molecule has 0 aliphatic rings. The van der Waals surface area contributed by atoms with Gasteiger partial charge in [0.15, 0.2) is 0 Å². The van der Waals surface area contributed by atoms with Gasteiger partial charge < -0.3 is 14.3 Å². The molecule has 0 radical (unpaired) electrons. The van der Waals surface area contributed by atoms with Crippen LogP contribution >= 0.6 is 0 Å². The van der Waals surface area contributed by atoms with Gasteiger partial charge in [-0.2, -0.15) is 0 Å². The Morgan fingerprint density at radius 1 is 0.848 bits per heavy atom. The van der Waals surface area contributed by atoms with Crippen LogP contribution < -0.4 is 19.8 Å².